The monoisotopic (exact) mass is 302 g/mol. The minimum atomic E-state index is 0.435. The molecule has 1 atom stereocenters. The van der Waals surface area contributed by atoms with Crippen LogP contribution in [0.1, 0.15) is 23.1 Å². The molecule has 6 heteroatoms. The highest BCUT2D eigenvalue weighted by Gasteiger charge is 2.21. The Bertz CT molecular complexity index is 614. The summed E-state index contributed by atoms with van der Waals surface area (Å²) in [6, 6.07) is 6.18. The van der Waals surface area contributed by atoms with Gasteiger partial charge in [-0.3, -0.25) is 9.88 Å². The van der Waals surface area contributed by atoms with E-state index in [-0.39, 0.29) is 0 Å². The van der Waals surface area contributed by atoms with Gasteiger partial charge in [-0.2, -0.15) is 4.98 Å². The average molecular weight is 302 g/mol. The highest BCUT2D eigenvalue weighted by atomic mass is 16.5. The first-order chi connectivity index (χ1) is 10.7. The van der Waals surface area contributed by atoms with E-state index in [2.05, 4.69) is 32.2 Å². The summed E-state index contributed by atoms with van der Waals surface area (Å²) in [4.78, 5) is 11.2. The zero-order valence-electron chi connectivity index (χ0n) is 13.2. The smallest absolute Gasteiger partial charge is 0.223 e. The van der Waals surface area contributed by atoms with Gasteiger partial charge in [0.1, 0.15) is 0 Å². The van der Waals surface area contributed by atoms with Gasteiger partial charge in [0, 0.05) is 37.3 Å². The van der Waals surface area contributed by atoms with Crippen molar-refractivity contribution in [1.29, 1.82) is 0 Å². The van der Waals surface area contributed by atoms with Gasteiger partial charge in [0.15, 0.2) is 5.82 Å². The molecule has 0 N–H and O–H groups in total. The standard InChI is InChI=1S/C16H22N4O2/c1-12-4-3-5-15(17-12)8-14-9-20(6-7-21-11-14)10-16-18-13(2)22-19-16/h3-5,14H,6-11H2,1-2H3/t14-/m1/s1. The summed E-state index contributed by atoms with van der Waals surface area (Å²) >= 11 is 0. The number of ether oxygens (including phenoxy) is 1. The number of hydrogen-bond acceptors (Lipinski definition) is 6. The van der Waals surface area contributed by atoms with E-state index in [1.54, 1.807) is 0 Å². The minimum absolute atomic E-state index is 0.435. The third-order valence-electron chi connectivity index (χ3n) is 3.80. The molecule has 0 aromatic carbocycles. The van der Waals surface area contributed by atoms with Crippen molar-refractivity contribution in [3.8, 4) is 0 Å². The highest BCUT2D eigenvalue weighted by Crippen LogP contribution is 2.14. The Balaban J connectivity index is 1.62. The summed E-state index contributed by atoms with van der Waals surface area (Å²) in [5.41, 5.74) is 2.19. The SMILES string of the molecule is Cc1cccc(C[C@H]2COCCN(Cc3noc(C)n3)C2)n1. The molecule has 1 aliphatic rings. The van der Waals surface area contributed by atoms with Gasteiger partial charge < -0.3 is 9.26 Å². The summed E-state index contributed by atoms with van der Waals surface area (Å²) in [5, 5.41) is 3.98. The molecule has 3 heterocycles. The zero-order valence-corrected chi connectivity index (χ0v) is 13.2. The maximum absolute atomic E-state index is 5.75. The van der Waals surface area contributed by atoms with E-state index >= 15 is 0 Å². The Labute approximate surface area is 130 Å². The fourth-order valence-corrected chi connectivity index (χ4v) is 2.83. The van der Waals surface area contributed by atoms with E-state index in [0.717, 1.165) is 49.9 Å². The lowest BCUT2D eigenvalue weighted by molar-refractivity contribution is 0.121. The molecule has 6 nitrogen and oxygen atoms in total. The van der Waals surface area contributed by atoms with Crippen LogP contribution < -0.4 is 0 Å². The van der Waals surface area contributed by atoms with Crippen LogP contribution in [0.3, 0.4) is 0 Å². The Morgan fingerprint density at radius 1 is 1.27 bits per heavy atom. The van der Waals surface area contributed by atoms with Crippen molar-refractivity contribution in [3.05, 3.63) is 41.3 Å². The van der Waals surface area contributed by atoms with Gasteiger partial charge in [-0.1, -0.05) is 11.2 Å². The van der Waals surface area contributed by atoms with Crippen LogP contribution >= 0.6 is 0 Å². The molecule has 1 saturated heterocycles. The molecule has 0 saturated carbocycles. The summed E-state index contributed by atoms with van der Waals surface area (Å²) in [7, 11) is 0. The van der Waals surface area contributed by atoms with E-state index in [4.69, 9.17) is 9.26 Å². The molecular weight excluding hydrogens is 280 g/mol. The molecule has 0 radical (unpaired) electrons. The van der Waals surface area contributed by atoms with Crippen LogP contribution in [0, 0.1) is 19.8 Å². The first kappa shape index (κ1) is 15.1. The first-order valence-electron chi connectivity index (χ1n) is 7.71. The fourth-order valence-electron chi connectivity index (χ4n) is 2.83. The molecule has 1 fully saturated rings. The molecular formula is C16H22N4O2. The van der Waals surface area contributed by atoms with Crippen LogP contribution in [0.4, 0.5) is 0 Å². The molecule has 0 amide bonds. The number of nitrogens with zero attached hydrogens (tertiary/aromatic N) is 4. The van der Waals surface area contributed by atoms with Gasteiger partial charge in [-0.05, 0) is 25.5 Å². The number of rotatable bonds is 4. The van der Waals surface area contributed by atoms with Crippen LogP contribution in [0.2, 0.25) is 0 Å². The summed E-state index contributed by atoms with van der Waals surface area (Å²) in [6.07, 6.45) is 0.934. The lowest BCUT2D eigenvalue weighted by Gasteiger charge is -2.21. The number of aryl methyl sites for hydroxylation is 2. The Morgan fingerprint density at radius 2 is 2.18 bits per heavy atom. The summed E-state index contributed by atoms with van der Waals surface area (Å²) < 4.78 is 10.8. The number of hydrogen-bond donors (Lipinski definition) is 0. The maximum Gasteiger partial charge on any atom is 0.223 e. The largest absolute Gasteiger partial charge is 0.380 e. The van der Waals surface area contributed by atoms with Gasteiger partial charge in [0.2, 0.25) is 5.89 Å². The Morgan fingerprint density at radius 3 is 2.95 bits per heavy atom. The van der Waals surface area contributed by atoms with Gasteiger partial charge in [-0.15, -0.1) is 0 Å². The second-order valence-corrected chi connectivity index (χ2v) is 5.88. The molecule has 0 spiro atoms. The van der Waals surface area contributed by atoms with Crippen molar-refractivity contribution in [1.82, 2.24) is 20.0 Å². The molecule has 22 heavy (non-hydrogen) atoms. The molecule has 0 bridgehead atoms. The second kappa shape index (κ2) is 6.98. The number of aromatic nitrogens is 3. The van der Waals surface area contributed by atoms with E-state index in [1.165, 1.54) is 0 Å². The van der Waals surface area contributed by atoms with Crippen molar-refractivity contribution in [2.45, 2.75) is 26.8 Å². The van der Waals surface area contributed by atoms with Crippen LogP contribution in [-0.2, 0) is 17.7 Å². The lowest BCUT2D eigenvalue weighted by atomic mass is 10.0. The second-order valence-electron chi connectivity index (χ2n) is 5.88. The van der Waals surface area contributed by atoms with E-state index in [0.29, 0.717) is 18.4 Å². The molecule has 2 aromatic heterocycles. The van der Waals surface area contributed by atoms with Crippen molar-refractivity contribution in [3.63, 3.8) is 0 Å². The van der Waals surface area contributed by atoms with E-state index in [1.807, 2.05) is 19.9 Å². The van der Waals surface area contributed by atoms with Crippen molar-refractivity contribution in [2.75, 3.05) is 26.3 Å². The Hall–Kier alpha value is -1.79. The molecule has 0 unspecified atom stereocenters. The van der Waals surface area contributed by atoms with E-state index < -0.39 is 0 Å². The van der Waals surface area contributed by atoms with Gasteiger partial charge in [-0.25, -0.2) is 0 Å². The van der Waals surface area contributed by atoms with Gasteiger partial charge in [0.25, 0.3) is 0 Å². The number of pyridine rings is 1. The quantitative estimate of drug-likeness (QED) is 0.857. The topological polar surface area (TPSA) is 64.3 Å². The van der Waals surface area contributed by atoms with Crippen LogP contribution in [0.25, 0.3) is 0 Å². The van der Waals surface area contributed by atoms with Crippen LogP contribution in [0.5, 0.6) is 0 Å². The van der Waals surface area contributed by atoms with Crippen molar-refractivity contribution in [2.24, 2.45) is 5.92 Å². The summed E-state index contributed by atoms with van der Waals surface area (Å²) in [5.74, 6) is 1.79. The highest BCUT2D eigenvalue weighted by molar-refractivity contribution is 5.10. The molecule has 3 rings (SSSR count). The summed E-state index contributed by atoms with van der Waals surface area (Å²) in [6.45, 7) is 7.92. The van der Waals surface area contributed by atoms with Crippen molar-refractivity contribution < 1.29 is 9.26 Å². The molecule has 1 aliphatic heterocycles. The van der Waals surface area contributed by atoms with Gasteiger partial charge >= 0.3 is 0 Å². The van der Waals surface area contributed by atoms with Crippen LogP contribution in [0.15, 0.2) is 22.7 Å². The molecule has 0 aliphatic carbocycles. The first-order valence-corrected chi connectivity index (χ1v) is 7.71. The average Bonchev–Trinajstić information content (AvgIpc) is 2.75. The Kier molecular flexibility index (Phi) is 4.80. The van der Waals surface area contributed by atoms with Gasteiger partial charge in [0.05, 0.1) is 19.8 Å². The fraction of sp³-hybridized carbons (Fsp3) is 0.562. The predicted octanol–water partition coefficient (Wildman–Crippen LogP) is 1.77. The molecule has 118 valence electrons. The molecule has 2 aromatic rings. The van der Waals surface area contributed by atoms with Crippen LogP contribution in [-0.4, -0.2) is 46.3 Å². The predicted molar refractivity (Wildman–Crippen MR) is 81.3 cm³/mol. The maximum atomic E-state index is 5.75. The van der Waals surface area contributed by atoms with Crippen molar-refractivity contribution >= 4 is 0 Å². The lowest BCUT2D eigenvalue weighted by Crippen LogP contribution is -2.31. The zero-order chi connectivity index (χ0) is 15.4. The minimum Gasteiger partial charge on any atom is -0.380 e. The van der Waals surface area contributed by atoms with E-state index in [9.17, 15) is 0 Å². The third-order valence-corrected chi connectivity index (χ3v) is 3.80. The third kappa shape index (κ3) is 4.11. The normalized spacial score (nSPS) is 20.0.